The van der Waals surface area contributed by atoms with Gasteiger partial charge in [-0.05, 0) is 37.3 Å². The number of para-hydroxylation sites is 1. The van der Waals surface area contributed by atoms with Crippen LogP contribution < -0.4 is 5.32 Å². The van der Waals surface area contributed by atoms with Gasteiger partial charge in [-0.1, -0.05) is 18.2 Å². The molecule has 4 nitrogen and oxygen atoms in total. The van der Waals surface area contributed by atoms with Crippen LogP contribution in [0.25, 0.3) is 11.1 Å². The molecule has 0 bridgehead atoms. The quantitative estimate of drug-likeness (QED) is 0.698. The lowest BCUT2D eigenvalue weighted by atomic mass is 10.0. The molecule has 0 spiro atoms. The molecule has 3 rings (SSSR count). The number of aromatic nitrogens is 2. The maximum atomic E-state index is 12.7. The third-order valence-corrected chi connectivity index (χ3v) is 3.98. The van der Waals surface area contributed by atoms with Gasteiger partial charge in [-0.15, -0.1) is 0 Å². The molecule has 0 saturated heterocycles. The summed E-state index contributed by atoms with van der Waals surface area (Å²) >= 11 is 0. The lowest BCUT2D eigenvalue weighted by Crippen LogP contribution is -2.04. The Balaban J connectivity index is 1.90. The number of hydrogen-bond acceptors (Lipinski definition) is 3. The first-order valence-electron chi connectivity index (χ1n) is 8.07. The van der Waals surface area contributed by atoms with Gasteiger partial charge in [0.05, 0.1) is 24.4 Å². The van der Waals surface area contributed by atoms with Crippen molar-refractivity contribution in [2.75, 3.05) is 11.9 Å². The Morgan fingerprint density at radius 3 is 2.38 bits per heavy atom. The third kappa shape index (κ3) is 3.88. The van der Waals surface area contributed by atoms with E-state index in [1.807, 2.05) is 37.4 Å². The molecule has 7 heteroatoms. The molecule has 0 saturated carbocycles. The molecule has 0 aliphatic carbocycles. The Bertz CT molecular complexity index is 886. The van der Waals surface area contributed by atoms with Crippen molar-refractivity contribution in [1.29, 1.82) is 0 Å². The fourth-order valence-corrected chi connectivity index (χ4v) is 2.72. The molecule has 26 heavy (non-hydrogen) atoms. The van der Waals surface area contributed by atoms with E-state index >= 15 is 0 Å². The molecule has 0 radical (unpaired) electrons. The second-order valence-corrected chi connectivity index (χ2v) is 5.86. The molecular formula is C19H18F3N3O. The average Bonchev–Trinajstić information content (AvgIpc) is 2.96. The van der Waals surface area contributed by atoms with E-state index in [1.165, 1.54) is 12.1 Å². The number of hydrogen-bond donors (Lipinski definition) is 2. The minimum absolute atomic E-state index is 0.00793. The van der Waals surface area contributed by atoms with Crippen LogP contribution in [0.1, 0.15) is 11.3 Å². The molecule has 3 aromatic rings. The summed E-state index contributed by atoms with van der Waals surface area (Å²) in [4.78, 5) is 0. The molecule has 0 amide bonds. The van der Waals surface area contributed by atoms with Crippen LogP contribution in [0.15, 0.2) is 54.7 Å². The summed E-state index contributed by atoms with van der Waals surface area (Å²) in [5.74, 6) is 0. The maximum absolute atomic E-state index is 12.7. The molecule has 2 N–H and O–H groups in total. The van der Waals surface area contributed by atoms with E-state index in [9.17, 15) is 13.2 Å². The normalized spacial score (nSPS) is 11.6. The number of aryl methyl sites for hydroxylation is 1. The second-order valence-electron chi connectivity index (χ2n) is 5.86. The van der Waals surface area contributed by atoms with Gasteiger partial charge in [0.15, 0.2) is 0 Å². The van der Waals surface area contributed by atoms with Gasteiger partial charge in [0.25, 0.3) is 0 Å². The molecule has 0 aliphatic heterocycles. The summed E-state index contributed by atoms with van der Waals surface area (Å²) in [7, 11) is 0. The summed E-state index contributed by atoms with van der Waals surface area (Å²) < 4.78 is 39.7. The number of rotatable bonds is 5. The van der Waals surface area contributed by atoms with E-state index in [1.54, 1.807) is 4.68 Å². The third-order valence-electron chi connectivity index (χ3n) is 3.98. The number of aliphatic hydroxyl groups excluding tert-OH is 1. The zero-order chi connectivity index (χ0) is 18.7. The van der Waals surface area contributed by atoms with E-state index in [2.05, 4.69) is 10.4 Å². The molecule has 0 fully saturated rings. The molecule has 1 heterocycles. The van der Waals surface area contributed by atoms with Crippen molar-refractivity contribution in [2.24, 2.45) is 0 Å². The number of alkyl halides is 3. The van der Waals surface area contributed by atoms with Crippen molar-refractivity contribution in [1.82, 2.24) is 9.78 Å². The first kappa shape index (κ1) is 18.0. The number of nitrogens with one attached hydrogen (secondary N) is 1. The highest BCUT2D eigenvalue weighted by molar-refractivity contribution is 5.81. The minimum Gasteiger partial charge on any atom is -0.394 e. The Kier molecular flexibility index (Phi) is 4.99. The molecule has 0 aliphatic rings. The molecule has 2 aromatic carbocycles. The van der Waals surface area contributed by atoms with E-state index in [0.29, 0.717) is 12.2 Å². The lowest BCUT2D eigenvalue weighted by Gasteiger charge is -2.13. The first-order chi connectivity index (χ1) is 12.4. The Hall–Kier alpha value is -2.80. The number of benzene rings is 2. The zero-order valence-corrected chi connectivity index (χ0v) is 14.1. The highest BCUT2D eigenvalue weighted by atomic mass is 19.4. The highest BCUT2D eigenvalue weighted by Gasteiger charge is 2.29. The van der Waals surface area contributed by atoms with Crippen LogP contribution in [0.3, 0.4) is 0 Å². The van der Waals surface area contributed by atoms with Crippen LogP contribution >= 0.6 is 0 Å². The highest BCUT2D eigenvalue weighted by Crippen LogP contribution is 2.33. The SMILES string of the molecule is Cc1nn(CCO)cc1-c1ccccc1Nc1ccc(C(F)(F)F)cc1. The topological polar surface area (TPSA) is 50.1 Å². The molecule has 0 unspecified atom stereocenters. The van der Waals surface area contributed by atoms with Gasteiger partial charge < -0.3 is 10.4 Å². The molecule has 0 atom stereocenters. The lowest BCUT2D eigenvalue weighted by molar-refractivity contribution is -0.137. The summed E-state index contributed by atoms with van der Waals surface area (Å²) in [5.41, 5.74) is 3.23. The Morgan fingerprint density at radius 2 is 1.73 bits per heavy atom. The maximum Gasteiger partial charge on any atom is 0.416 e. The minimum atomic E-state index is -4.35. The van der Waals surface area contributed by atoms with Gasteiger partial charge >= 0.3 is 6.18 Å². The van der Waals surface area contributed by atoms with Crippen LogP contribution in [-0.4, -0.2) is 21.5 Å². The van der Waals surface area contributed by atoms with E-state index in [4.69, 9.17) is 5.11 Å². The van der Waals surface area contributed by atoms with Crippen molar-refractivity contribution in [3.63, 3.8) is 0 Å². The number of halogens is 3. The fourth-order valence-electron chi connectivity index (χ4n) is 2.72. The van der Waals surface area contributed by atoms with Crippen LogP contribution in [0.4, 0.5) is 24.5 Å². The number of anilines is 2. The van der Waals surface area contributed by atoms with Crippen molar-refractivity contribution >= 4 is 11.4 Å². The predicted molar refractivity (Wildman–Crippen MR) is 94.2 cm³/mol. The molecule has 136 valence electrons. The fraction of sp³-hybridized carbons (Fsp3) is 0.211. The van der Waals surface area contributed by atoms with Crippen LogP contribution in [0, 0.1) is 6.92 Å². The van der Waals surface area contributed by atoms with Crippen molar-refractivity contribution in [2.45, 2.75) is 19.6 Å². The second kappa shape index (κ2) is 7.21. The molecule has 1 aromatic heterocycles. The smallest absolute Gasteiger partial charge is 0.394 e. The van der Waals surface area contributed by atoms with Crippen LogP contribution in [-0.2, 0) is 12.7 Å². The van der Waals surface area contributed by atoms with E-state index < -0.39 is 11.7 Å². The van der Waals surface area contributed by atoms with E-state index in [0.717, 1.165) is 34.6 Å². The van der Waals surface area contributed by atoms with E-state index in [-0.39, 0.29) is 6.61 Å². The van der Waals surface area contributed by atoms with Gasteiger partial charge in [-0.3, -0.25) is 4.68 Å². The zero-order valence-electron chi connectivity index (χ0n) is 14.1. The van der Waals surface area contributed by atoms with Gasteiger partial charge in [0, 0.05) is 28.7 Å². The average molecular weight is 361 g/mol. The predicted octanol–water partition coefficient (Wildman–Crippen LogP) is 4.61. The summed E-state index contributed by atoms with van der Waals surface area (Å²) in [5, 5.41) is 16.6. The monoisotopic (exact) mass is 361 g/mol. The van der Waals surface area contributed by atoms with Crippen molar-refractivity contribution in [3.8, 4) is 11.1 Å². The van der Waals surface area contributed by atoms with Crippen LogP contribution in [0.5, 0.6) is 0 Å². The van der Waals surface area contributed by atoms with Crippen molar-refractivity contribution < 1.29 is 18.3 Å². The van der Waals surface area contributed by atoms with Gasteiger partial charge in [-0.25, -0.2) is 0 Å². The Morgan fingerprint density at radius 1 is 1.04 bits per heavy atom. The standard InChI is InChI=1S/C19H18F3N3O/c1-13-17(12-25(24-13)10-11-26)16-4-2-3-5-18(16)23-15-8-6-14(7-9-15)19(20,21)22/h2-9,12,23,26H,10-11H2,1H3. The molecular weight excluding hydrogens is 343 g/mol. The first-order valence-corrected chi connectivity index (χ1v) is 8.07. The van der Waals surface area contributed by atoms with Gasteiger partial charge in [-0.2, -0.15) is 18.3 Å². The summed E-state index contributed by atoms with van der Waals surface area (Å²) in [6, 6.07) is 12.4. The summed E-state index contributed by atoms with van der Waals surface area (Å²) in [6.07, 6.45) is -2.51. The van der Waals surface area contributed by atoms with Gasteiger partial charge in [0.2, 0.25) is 0 Å². The summed E-state index contributed by atoms with van der Waals surface area (Å²) in [6.45, 7) is 2.26. The Labute approximate surface area is 148 Å². The van der Waals surface area contributed by atoms with Gasteiger partial charge in [0.1, 0.15) is 0 Å². The van der Waals surface area contributed by atoms with Crippen LogP contribution in [0.2, 0.25) is 0 Å². The number of aliphatic hydroxyl groups is 1. The van der Waals surface area contributed by atoms with Crippen molar-refractivity contribution in [3.05, 3.63) is 66.0 Å². The largest absolute Gasteiger partial charge is 0.416 e. The number of nitrogens with zero attached hydrogens (tertiary/aromatic N) is 2.